The summed E-state index contributed by atoms with van der Waals surface area (Å²) in [5, 5.41) is 2.85. The topological polar surface area (TPSA) is 115 Å². The van der Waals surface area contributed by atoms with Crippen LogP contribution in [0, 0.1) is 5.92 Å². The Kier molecular flexibility index (Phi) is 6.43. The SMILES string of the molecule is CCC(=O)N1CCCC(C(=O)Nc2ccc(Oc3cccc(C(N)=O)c3)nc2)C1. The number of nitrogens with zero attached hydrogens (tertiary/aromatic N) is 2. The van der Waals surface area contributed by atoms with Gasteiger partial charge in [0.1, 0.15) is 5.75 Å². The van der Waals surface area contributed by atoms with E-state index in [0.29, 0.717) is 42.4 Å². The van der Waals surface area contributed by atoms with Crippen LogP contribution in [0.1, 0.15) is 36.5 Å². The van der Waals surface area contributed by atoms with Crippen LogP contribution < -0.4 is 15.8 Å². The van der Waals surface area contributed by atoms with Crippen molar-refractivity contribution in [2.75, 3.05) is 18.4 Å². The van der Waals surface area contributed by atoms with Crippen LogP contribution >= 0.6 is 0 Å². The highest BCUT2D eigenvalue weighted by molar-refractivity contribution is 5.93. The number of aromatic nitrogens is 1. The number of hydrogen-bond donors (Lipinski definition) is 2. The molecular weight excluding hydrogens is 372 g/mol. The molecular formula is C21H24N4O4. The minimum atomic E-state index is -0.539. The van der Waals surface area contributed by atoms with Crippen molar-refractivity contribution in [1.82, 2.24) is 9.88 Å². The van der Waals surface area contributed by atoms with E-state index >= 15 is 0 Å². The summed E-state index contributed by atoms with van der Waals surface area (Å²) in [5.74, 6) is -0.0557. The van der Waals surface area contributed by atoms with Crippen LogP contribution in [0.15, 0.2) is 42.6 Å². The van der Waals surface area contributed by atoms with Crippen molar-refractivity contribution >= 4 is 23.4 Å². The number of carbonyl (C=O) groups excluding carboxylic acids is 3. The third kappa shape index (κ3) is 5.31. The van der Waals surface area contributed by atoms with E-state index in [4.69, 9.17) is 10.5 Å². The number of ether oxygens (including phenoxy) is 1. The Morgan fingerprint density at radius 3 is 2.79 bits per heavy atom. The third-order valence-corrected chi connectivity index (χ3v) is 4.79. The van der Waals surface area contributed by atoms with Crippen LogP contribution in [-0.4, -0.2) is 40.7 Å². The predicted molar refractivity (Wildman–Crippen MR) is 107 cm³/mol. The molecule has 0 saturated carbocycles. The number of benzene rings is 1. The average Bonchev–Trinajstić information content (AvgIpc) is 2.74. The Labute approximate surface area is 169 Å². The first kappa shape index (κ1) is 20.3. The second kappa shape index (κ2) is 9.18. The Hall–Kier alpha value is -3.42. The summed E-state index contributed by atoms with van der Waals surface area (Å²) in [6, 6.07) is 9.81. The van der Waals surface area contributed by atoms with E-state index in [9.17, 15) is 14.4 Å². The lowest BCUT2D eigenvalue weighted by Crippen LogP contribution is -2.43. The van der Waals surface area contributed by atoms with Crippen molar-refractivity contribution in [2.45, 2.75) is 26.2 Å². The molecule has 0 bridgehead atoms. The maximum absolute atomic E-state index is 12.5. The van der Waals surface area contributed by atoms with Gasteiger partial charge in [-0.25, -0.2) is 4.98 Å². The van der Waals surface area contributed by atoms with Crippen LogP contribution in [0.2, 0.25) is 0 Å². The van der Waals surface area contributed by atoms with Gasteiger partial charge in [0, 0.05) is 31.1 Å². The first-order chi connectivity index (χ1) is 14.0. The van der Waals surface area contributed by atoms with Crippen LogP contribution in [0.4, 0.5) is 5.69 Å². The van der Waals surface area contributed by atoms with Crippen LogP contribution in [0.5, 0.6) is 11.6 Å². The molecule has 2 aromatic rings. The monoisotopic (exact) mass is 396 g/mol. The van der Waals surface area contributed by atoms with E-state index in [0.717, 1.165) is 12.8 Å². The van der Waals surface area contributed by atoms with Crippen LogP contribution in [-0.2, 0) is 9.59 Å². The molecule has 29 heavy (non-hydrogen) atoms. The zero-order chi connectivity index (χ0) is 20.8. The molecule has 1 aliphatic heterocycles. The van der Waals surface area contributed by atoms with Gasteiger partial charge in [0.05, 0.1) is 17.8 Å². The fraction of sp³-hybridized carbons (Fsp3) is 0.333. The molecule has 152 valence electrons. The van der Waals surface area contributed by atoms with Gasteiger partial charge in [-0.15, -0.1) is 0 Å². The number of piperidine rings is 1. The molecule has 1 saturated heterocycles. The smallest absolute Gasteiger partial charge is 0.248 e. The van der Waals surface area contributed by atoms with Crippen molar-refractivity contribution in [3.8, 4) is 11.6 Å². The van der Waals surface area contributed by atoms with Crippen molar-refractivity contribution in [1.29, 1.82) is 0 Å². The van der Waals surface area contributed by atoms with Crippen molar-refractivity contribution in [3.63, 3.8) is 0 Å². The molecule has 0 aliphatic carbocycles. The number of hydrogen-bond acceptors (Lipinski definition) is 5. The molecule has 3 rings (SSSR count). The molecule has 1 fully saturated rings. The highest BCUT2D eigenvalue weighted by Crippen LogP contribution is 2.23. The van der Waals surface area contributed by atoms with Gasteiger partial charge in [0.2, 0.25) is 23.6 Å². The Bertz CT molecular complexity index is 898. The van der Waals surface area contributed by atoms with Crippen LogP contribution in [0.3, 0.4) is 0 Å². The second-order valence-electron chi connectivity index (χ2n) is 6.90. The van der Waals surface area contributed by atoms with Crippen molar-refractivity contribution in [2.24, 2.45) is 11.7 Å². The molecule has 1 unspecified atom stereocenters. The van der Waals surface area contributed by atoms with Crippen molar-refractivity contribution < 1.29 is 19.1 Å². The molecule has 1 atom stereocenters. The van der Waals surface area contributed by atoms with Gasteiger partial charge < -0.3 is 20.7 Å². The molecule has 1 aromatic heterocycles. The fourth-order valence-electron chi connectivity index (χ4n) is 3.23. The van der Waals surface area contributed by atoms with Crippen LogP contribution in [0.25, 0.3) is 0 Å². The molecule has 8 heteroatoms. The van der Waals surface area contributed by atoms with Gasteiger partial charge in [-0.05, 0) is 37.1 Å². The van der Waals surface area contributed by atoms with Gasteiger partial charge >= 0.3 is 0 Å². The van der Waals surface area contributed by atoms with E-state index in [1.54, 1.807) is 35.2 Å². The Balaban J connectivity index is 1.59. The van der Waals surface area contributed by atoms with Gasteiger partial charge in [-0.1, -0.05) is 13.0 Å². The Morgan fingerprint density at radius 1 is 1.28 bits per heavy atom. The van der Waals surface area contributed by atoms with Crippen molar-refractivity contribution in [3.05, 3.63) is 48.2 Å². The largest absolute Gasteiger partial charge is 0.439 e. The summed E-state index contributed by atoms with van der Waals surface area (Å²) in [4.78, 5) is 41.6. The number of nitrogens with two attached hydrogens (primary N) is 1. The summed E-state index contributed by atoms with van der Waals surface area (Å²) < 4.78 is 5.62. The van der Waals surface area contributed by atoms with E-state index in [-0.39, 0.29) is 17.7 Å². The number of likely N-dealkylation sites (tertiary alicyclic amines) is 1. The summed E-state index contributed by atoms with van der Waals surface area (Å²) in [6.45, 7) is 2.98. The molecule has 3 N–H and O–H groups in total. The lowest BCUT2D eigenvalue weighted by atomic mass is 9.97. The highest BCUT2D eigenvalue weighted by atomic mass is 16.5. The number of carbonyl (C=O) groups is 3. The summed E-state index contributed by atoms with van der Waals surface area (Å²) in [7, 11) is 0. The first-order valence-electron chi connectivity index (χ1n) is 9.58. The first-order valence-corrected chi connectivity index (χ1v) is 9.58. The number of nitrogens with one attached hydrogen (secondary N) is 1. The molecule has 0 spiro atoms. The standard InChI is InChI=1S/C21H24N4O4/c1-2-19(26)25-10-4-6-15(13-25)21(28)24-16-8-9-18(23-12-16)29-17-7-3-5-14(11-17)20(22)27/h3,5,7-9,11-12,15H,2,4,6,10,13H2,1H3,(H2,22,27)(H,24,28). The molecule has 8 nitrogen and oxygen atoms in total. The quantitative estimate of drug-likeness (QED) is 0.779. The maximum atomic E-state index is 12.5. The molecule has 1 aliphatic rings. The molecule has 3 amide bonds. The second-order valence-corrected chi connectivity index (χ2v) is 6.90. The average molecular weight is 396 g/mol. The van der Waals surface area contributed by atoms with E-state index in [1.165, 1.54) is 12.3 Å². The third-order valence-electron chi connectivity index (χ3n) is 4.79. The van der Waals surface area contributed by atoms with Gasteiger partial charge in [-0.2, -0.15) is 0 Å². The number of primary amides is 1. The summed E-state index contributed by atoms with van der Waals surface area (Å²) in [5.41, 5.74) is 6.16. The zero-order valence-electron chi connectivity index (χ0n) is 16.3. The minimum Gasteiger partial charge on any atom is -0.439 e. The normalized spacial score (nSPS) is 16.2. The summed E-state index contributed by atoms with van der Waals surface area (Å²) >= 11 is 0. The van der Waals surface area contributed by atoms with Gasteiger partial charge in [0.15, 0.2) is 0 Å². The molecule has 1 aromatic carbocycles. The predicted octanol–water partition coefficient (Wildman–Crippen LogP) is 2.56. The number of rotatable bonds is 6. The highest BCUT2D eigenvalue weighted by Gasteiger charge is 2.27. The van der Waals surface area contributed by atoms with E-state index in [2.05, 4.69) is 10.3 Å². The fourth-order valence-corrected chi connectivity index (χ4v) is 3.23. The van der Waals surface area contributed by atoms with Gasteiger partial charge in [-0.3, -0.25) is 14.4 Å². The Morgan fingerprint density at radius 2 is 2.10 bits per heavy atom. The number of pyridine rings is 1. The van der Waals surface area contributed by atoms with Gasteiger partial charge in [0.25, 0.3) is 0 Å². The van der Waals surface area contributed by atoms with E-state index < -0.39 is 5.91 Å². The molecule has 2 heterocycles. The van der Waals surface area contributed by atoms with E-state index in [1.807, 2.05) is 6.92 Å². The zero-order valence-corrected chi connectivity index (χ0v) is 16.3. The minimum absolute atomic E-state index is 0.0751. The summed E-state index contributed by atoms with van der Waals surface area (Å²) in [6.07, 6.45) is 3.52. The number of amides is 3. The lowest BCUT2D eigenvalue weighted by Gasteiger charge is -2.31. The molecule has 0 radical (unpaired) electrons. The maximum Gasteiger partial charge on any atom is 0.248 e. The number of anilines is 1. The lowest BCUT2D eigenvalue weighted by molar-refractivity contribution is -0.134.